The molecule has 1 saturated heterocycles. The van der Waals surface area contributed by atoms with Crippen LogP contribution in [0.1, 0.15) is 17.1 Å². The Labute approximate surface area is 147 Å². The van der Waals surface area contributed by atoms with E-state index < -0.39 is 0 Å². The molecule has 2 aromatic rings. The third-order valence-electron chi connectivity index (χ3n) is 3.87. The van der Waals surface area contributed by atoms with Crippen LogP contribution in [0.4, 0.5) is 5.82 Å². The molecule has 0 bridgehead atoms. The summed E-state index contributed by atoms with van der Waals surface area (Å²) in [6.45, 7) is 5.30. The molecule has 0 saturated carbocycles. The van der Waals surface area contributed by atoms with Gasteiger partial charge in [-0.2, -0.15) is 0 Å². The second-order valence-electron chi connectivity index (χ2n) is 5.84. The van der Waals surface area contributed by atoms with Crippen LogP contribution in [-0.4, -0.2) is 42.2 Å². The molecule has 130 valence electrons. The van der Waals surface area contributed by atoms with Gasteiger partial charge in [0.05, 0.1) is 19.8 Å². The van der Waals surface area contributed by atoms with Crippen molar-refractivity contribution in [3.63, 3.8) is 0 Å². The van der Waals surface area contributed by atoms with E-state index in [1.54, 1.807) is 6.08 Å². The van der Waals surface area contributed by atoms with E-state index in [1.165, 1.54) is 6.08 Å². The first-order valence-electron chi connectivity index (χ1n) is 8.39. The molecule has 0 atom stereocenters. The Hall–Kier alpha value is -2.73. The first-order valence-corrected chi connectivity index (χ1v) is 8.39. The van der Waals surface area contributed by atoms with Crippen molar-refractivity contribution in [1.82, 2.24) is 15.3 Å². The summed E-state index contributed by atoms with van der Waals surface area (Å²) in [5, 5.41) is 2.83. The number of hydrogen-bond acceptors (Lipinski definition) is 5. The smallest absolute Gasteiger partial charge is 0.244 e. The summed E-state index contributed by atoms with van der Waals surface area (Å²) in [6.07, 6.45) is 3.31. The topological polar surface area (TPSA) is 67.3 Å². The lowest BCUT2D eigenvalue weighted by Crippen LogP contribution is -2.37. The second-order valence-corrected chi connectivity index (χ2v) is 5.84. The summed E-state index contributed by atoms with van der Waals surface area (Å²) in [5.74, 6) is 1.34. The number of nitrogens with zero attached hydrogens (tertiary/aromatic N) is 3. The Morgan fingerprint density at radius 1 is 1.24 bits per heavy atom. The molecule has 3 rings (SSSR count). The average Bonchev–Trinajstić information content (AvgIpc) is 2.66. The van der Waals surface area contributed by atoms with Crippen molar-refractivity contribution in [3.8, 4) is 0 Å². The van der Waals surface area contributed by atoms with Gasteiger partial charge in [-0.05, 0) is 18.6 Å². The minimum atomic E-state index is -0.165. The number of morpholine rings is 1. The van der Waals surface area contributed by atoms with E-state index in [4.69, 9.17) is 4.74 Å². The molecule has 0 spiro atoms. The molecule has 25 heavy (non-hydrogen) atoms. The van der Waals surface area contributed by atoms with E-state index >= 15 is 0 Å². The fourth-order valence-corrected chi connectivity index (χ4v) is 2.61. The van der Waals surface area contributed by atoms with Crippen LogP contribution in [0, 0.1) is 6.92 Å². The van der Waals surface area contributed by atoms with Crippen molar-refractivity contribution in [1.29, 1.82) is 0 Å². The molecule has 1 aromatic carbocycles. The van der Waals surface area contributed by atoms with Crippen LogP contribution in [0.15, 0.2) is 42.5 Å². The summed E-state index contributed by atoms with van der Waals surface area (Å²) >= 11 is 0. The number of carbonyl (C=O) groups excluding carboxylic acids is 1. The van der Waals surface area contributed by atoms with Crippen molar-refractivity contribution in [3.05, 3.63) is 59.6 Å². The minimum absolute atomic E-state index is 0.165. The van der Waals surface area contributed by atoms with Gasteiger partial charge >= 0.3 is 0 Å². The van der Waals surface area contributed by atoms with Crippen LogP contribution >= 0.6 is 0 Å². The highest BCUT2D eigenvalue weighted by Crippen LogP contribution is 2.14. The maximum atomic E-state index is 12.0. The number of aromatic nitrogens is 2. The third kappa shape index (κ3) is 5.12. The van der Waals surface area contributed by atoms with E-state index in [1.807, 2.05) is 43.3 Å². The van der Waals surface area contributed by atoms with Gasteiger partial charge in [0.15, 0.2) is 0 Å². The number of benzene rings is 1. The van der Waals surface area contributed by atoms with Gasteiger partial charge in [0, 0.05) is 30.9 Å². The van der Waals surface area contributed by atoms with Crippen LogP contribution in [0.3, 0.4) is 0 Å². The van der Waals surface area contributed by atoms with Gasteiger partial charge in [0.2, 0.25) is 5.91 Å². The quantitative estimate of drug-likeness (QED) is 0.844. The van der Waals surface area contributed by atoms with E-state index in [0.29, 0.717) is 25.6 Å². The van der Waals surface area contributed by atoms with Gasteiger partial charge in [0.1, 0.15) is 11.6 Å². The fraction of sp³-hybridized carbons (Fsp3) is 0.316. The zero-order valence-corrected chi connectivity index (χ0v) is 14.3. The van der Waals surface area contributed by atoms with Crippen molar-refractivity contribution >= 4 is 17.8 Å². The monoisotopic (exact) mass is 338 g/mol. The Balaban J connectivity index is 1.59. The van der Waals surface area contributed by atoms with Crippen LogP contribution in [0.25, 0.3) is 6.08 Å². The van der Waals surface area contributed by atoms with Crippen molar-refractivity contribution in [2.75, 3.05) is 31.2 Å². The van der Waals surface area contributed by atoms with Crippen molar-refractivity contribution in [2.45, 2.75) is 13.5 Å². The zero-order valence-electron chi connectivity index (χ0n) is 14.3. The number of aryl methyl sites for hydroxylation is 1. The van der Waals surface area contributed by atoms with Crippen LogP contribution < -0.4 is 10.2 Å². The van der Waals surface area contributed by atoms with Crippen LogP contribution in [0.5, 0.6) is 0 Å². The Morgan fingerprint density at radius 3 is 2.76 bits per heavy atom. The van der Waals surface area contributed by atoms with E-state index in [9.17, 15) is 4.79 Å². The number of rotatable bonds is 5. The predicted molar refractivity (Wildman–Crippen MR) is 97.1 cm³/mol. The number of hydrogen-bond donors (Lipinski definition) is 1. The molecular weight excluding hydrogens is 316 g/mol. The molecule has 1 aliphatic rings. The zero-order chi connectivity index (χ0) is 17.5. The van der Waals surface area contributed by atoms with Crippen molar-refractivity contribution in [2.24, 2.45) is 0 Å². The summed E-state index contributed by atoms with van der Waals surface area (Å²) < 4.78 is 5.37. The molecular formula is C19H22N4O2. The normalized spacial score (nSPS) is 14.7. The third-order valence-corrected chi connectivity index (χ3v) is 3.87. The Morgan fingerprint density at radius 2 is 2.00 bits per heavy atom. The first-order chi connectivity index (χ1) is 12.2. The maximum Gasteiger partial charge on any atom is 0.244 e. The number of nitrogens with one attached hydrogen (secondary N) is 1. The van der Waals surface area contributed by atoms with Gasteiger partial charge in [-0.25, -0.2) is 9.97 Å². The lowest BCUT2D eigenvalue weighted by molar-refractivity contribution is -0.116. The SMILES string of the molecule is Cc1cc(N2CCOCC2)nc(CNC(=O)/C=C/c2ccccc2)n1. The highest BCUT2D eigenvalue weighted by molar-refractivity contribution is 5.91. The minimum Gasteiger partial charge on any atom is -0.378 e. The standard InChI is InChI=1S/C19H22N4O2/c1-15-13-18(23-9-11-25-12-10-23)22-17(21-15)14-20-19(24)8-7-16-5-3-2-4-6-16/h2-8,13H,9-12,14H2,1H3,(H,20,24)/b8-7+. The summed E-state index contributed by atoms with van der Waals surface area (Å²) in [4.78, 5) is 23.1. The van der Waals surface area contributed by atoms with Gasteiger partial charge < -0.3 is 15.0 Å². The molecule has 6 heteroatoms. The van der Waals surface area contributed by atoms with Crippen molar-refractivity contribution < 1.29 is 9.53 Å². The molecule has 1 aliphatic heterocycles. The van der Waals surface area contributed by atoms with Gasteiger partial charge in [0.25, 0.3) is 0 Å². The summed E-state index contributed by atoms with van der Waals surface area (Å²) in [7, 11) is 0. The second kappa shape index (κ2) is 8.39. The maximum absolute atomic E-state index is 12.0. The van der Waals surface area contributed by atoms with Gasteiger partial charge in [-0.15, -0.1) is 0 Å². The summed E-state index contributed by atoms with van der Waals surface area (Å²) in [6, 6.07) is 11.7. The molecule has 6 nitrogen and oxygen atoms in total. The molecule has 1 aromatic heterocycles. The first kappa shape index (κ1) is 17.1. The fourth-order valence-electron chi connectivity index (χ4n) is 2.61. The summed E-state index contributed by atoms with van der Waals surface area (Å²) in [5.41, 5.74) is 1.87. The molecule has 1 fully saturated rings. The van der Waals surface area contributed by atoms with E-state index in [2.05, 4.69) is 20.2 Å². The predicted octanol–water partition coefficient (Wildman–Crippen LogP) is 1.95. The highest BCUT2D eigenvalue weighted by Gasteiger charge is 2.14. The number of anilines is 1. The number of amides is 1. The van der Waals surface area contributed by atoms with E-state index in [0.717, 1.165) is 30.2 Å². The highest BCUT2D eigenvalue weighted by atomic mass is 16.5. The van der Waals surface area contributed by atoms with Gasteiger partial charge in [-0.3, -0.25) is 4.79 Å². The van der Waals surface area contributed by atoms with Gasteiger partial charge in [-0.1, -0.05) is 30.3 Å². The molecule has 0 radical (unpaired) electrons. The van der Waals surface area contributed by atoms with Crippen LogP contribution in [-0.2, 0) is 16.1 Å². The number of carbonyl (C=O) groups is 1. The largest absolute Gasteiger partial charge is 0.378 e. The molecule has 1 N–H and O–H groups in total. The lowest BCUT2D eigenvalue weighted by Gasteiger charge is -2.28. The lowest BCUT2D eigenvalue weighted by atomic mass is 10.2. The Kier molecular flexibility index (Phi) is 5.74. The Bertz CT molecular complexity index is 740. The van der Waals surface area contributed by atoms with Crippen LogP contribution in [0.2, 0.25) is 0 Å². The average molecular weight is 338 g/mol. The molecule has 0 aliphatic carbocycles. The van der Waals surface area contributed by atoms with E-state index in [-0.39, 0.29) is 5.91 Å². The molecule has 2 heterocycles. The molecule has 0 unspecified atom stereocenters. The molecule has 1 amide bonds. The number of ether oxygens (including phenoxy) is 1.